The van der Waals surface area contributed by atoms with Gasteiger partial charge in [-0.25, -0.2) is 9.37 Å². The molecule has 3 aromatic rings. The van der Waals surface area contributed by atoms with Gasteiger partial charge in [-0.05, 0) is 38.5 Å². The molecule has 8 heteroatoms. The van der Waals surface area contributed by atoms with Gasteiger partial charge in [0.15, 0.2) is 5.16 Å². The van der Waals surface area contributed by atoms with Crippen LogP contribution in [0.5, 0.6) is 0 Å². The van der Waals surface area contributed by atoms with Crippen molar-refractivity contribution in [3.8, 4) is 0 Å². The molecule has 1 aromatic carbocycles. The maximum atomic E-state index is 13.8. The Labute approximate surface area is 170 Å². The number of hydrogen-bond donors (Lipinski definition) is 1. The number of thiophene rings is 1. The molecule has 0 bridgehead atoms. The van der Waals surface area contributed by atoms with Gasteiger partial charge < -0.3 is 5.32 Å². The molecule has 0 fully saturated rings. The van der Waals surface area contributed by atoms with Gasteiger partial charge in [0.1, 0.15) is 10.6 Å². The SMILES string of the molecule is C=CCn1c(S[C@@H](C)C(=O)Nc2ccccc2F)nc2sc(C)c(C)c2c1=O. The molecule has 0 unspecified atom stereocenters. The van der Waals surface area contributed by atoms with E-state index in [4.69, 9.17) is 0 Å². The van der Waals surface area contributed by atoms with Crippen LogP contribution < -0.4 is 10.9 Å². The third-order valence-electron chi connectivity index (χ3n) is 4.35. The first kappa shape index (κ1) is 20.3. The van der Waals surface area contributed by atoms with Crippen LogP contribution in [0.2, 0.25) is 0 Å². The second-order valence-corrected chi connectivity index (χ2v) is 8.80. The van der Waals surface area contributed by atoms with E-state index in [0.717, 1.165) is 22.2 Å². The minimum absolute atomic E-state index is 0.122. The molecule has 0 spiro atoms. The third kappa shape index (κ3) is 3.88. The van der Waals surface area contributed by atoms with E-state index >= 15 is 0 Å². The molecule has 1 N–H and O–H groups in total. The number of halogens is 1. The summed E-state index contributed by atoms with van der Waals surface area (Å²) in [7, 11) is 0. The Bertz CT molecular complexity index is 1120. The van der Waals surface area contributed by atoms with Crippen molar-refractivity contribution in [1.82, 2.24) is 9.55 Å². The van der Waals surface area contributed by atoms with Crippen LogP contribution >= 0.6 is 23.1 Å². The van der Waals surface area contributed by atoms with E-state index in [1.54, 1.807) is 25.1 Å². The lowest BCUT2D eigenvalue weighted by molar-refractivity contribution is -0.115. The van der Waals surface area contributed by atoms with Crippen molar-refractivity contribution >= 4 is 44.9 Å². The first-order chi connectivity index (χ1) is 13.3. The molecule has 2 aromatic heterocycles. The Balaban J connectivity index is 1.93. The Morgan fingerprint density at radius 3 is 2.82 bits per heavy atom. The Hall–Kier alpha value is -2.45. The number of carbonyl (C=O) groups excluding carboxylic acids is 1. The largest absolute Gasteiger partial charge is 0.323 e. The highest BCUT2D eigenvalue weighted by Crippen LogP contribution is 2.30. The Morgan fingerprint density at radius 1 is 1.43 bits per heavy atom. The zero-order chi connectivity index (χ0) is 20.4. The van der Waals surface area contributed by atoms with Gasteiger partial charge in [-0.15, -0.1) is 17.9 Å². The number of nitrogens with zero attached hydrogens (tertiary/aromatic N) is 2. The average molecular weight is 418 g/mol. The van der Waals surface area contributed by atoms with Gasteiger partial charge in [-0.2, -0.15) is 0 Å². The number of benzene rings is 1. The number of anilines is 1. The molecule has 1 atom stereocenters. The van der Waals surface area contributed by atoms with Gasteiger partial charge in [-0.1, -0.05) is 30.0 Å². The molecule has 28 heavy (non-hydrogen) atoms. The molecule has 0 saturated heterocycles. The highest BCUT2D eigenvalue weighted by atomic mass is 32.2. The molecular weight excluding hydrogens is 397 g/mol. The number of amides is 1. The molecule has 5 nitrogen and oxygen atoms in total. The number of rotatable bonds is 6. The van der Waals surface area contributed by atoms with Crippen LogP contribution in [0.3, 0.4) is 0 Å². The predicted octanol–water partition coefficient (Wildman–Crippen LogP) is 4.52. The minimum Gasteiger partial charge on any atom is -0.323 e. The van der Waals surface area contributed by atoms with E-state index in [2.05, 4.69) is 16.9 Å². The van der Waals surface area contributed by atoms with Crippen LogP contribution in [0.25, 0.3) is 10.2 Å². The summed E-state index contributed by atoms with van der Waals surface area (Å²) in [4.78, 5) is 31.8. The quantitative estimate of drug-likeness (QED) is 0.364. The molecular formula is C20H20FN3O2S2. The zero-order valence-electron chi connectivity index (χ0n) is 15.8. The van der Waals surface area contributed by atoms with Crippen molar-refractivity contribution < 1.29 is 9.18 Å². The molecule has 3 rings (SSSR count). The van der Waals surface area contributed by atoms with Crippen LogP contribution in [-0.4, -0.2) is 20.7 Å². The predicted molar refractivity (Wildman–Crippen MR) is 114 cm³/mol. The number of thioether (sulfide) groups is 1. The summed E-state index contributed by atoms with van der Waals surface area (Å²) in [5, 5.41) is 3.05. The lowest BCUT2D eigenvalue weighted by Crippen LogP contribution is -2.27. The van der Waals surface area contributed by atoms with Gasteiger partial charge in [-0.3, -0.25) is 14.2 Å². The van der Waals surface area contributed by atoms with Gasteiger partial charge >= 0.3 is 0 Å². The van der Waals surface area contributed by atoms with E-state index < -0.39 is 11.1 Å². The summed E-state index contributed by atoms with van der Waals surface area (Å²) in [6, 6.07) is 5.99. The normalized spacial score (nSPS) is 12.1. The van der Waals surface area contributed by atoms with Crippen molar-refractivity contribution in [2.75, 3.05) is 5.32 Å². The van der Waals surface area contributed by atoms with Crippen molar-refractivity contribution in [2.45, 2.75) is 37.7 Å². The van der Waals surface area contributed by atoms with Gasteiger partial charge in [0.2, 0.25) is 5.91 Å². The lowest BCUT2D eigenvalue weighted by atomic mass is 10.2. The highest BCUT2D eigenvalue weighted by molar-refractivity contribution is 8.00. The van der Waals surface area contributed by atoms with Gasteiger partial charge in [0.25, 0.3) is 5.56 Å². The van der Waals surface area contributed by atoms with Gasteiger partial charge in [0, 0.05) is 11.4 Å². The van der Waals surface area contributed by atoms with Crippen molar-refractivity contribution in [3.05, 3.63) is 63.5 Å². The minimum atomic E-state index is -0.581. The van der Waals surface area contributed by atoms with Crippen LogP contribution in [0.15, 0.2) is 46.9 Å². The van der Waals surface area contributed by atoms with Crippen molar-refractivity contribution in [3.63, 3.8) is 0 Å². The second-order valence-electron chi connectivity index (χ2n) is 6.29. The fourth-order valence-electron chi connectivity index (χ4n) is 2.70. The van der Waals surface area contributed by atoms with E-state index in [-0.39, 0.29) is 17.2 Å². The Kier molecular flexibility index (Phi) is 6.00. The Morgan fingerprint density at radius 2 is 2.14 bits per heavy atom. The van der Waals surface area contributed by atoms with E-state index in [1.165, 1.54) is 28.0 Å². The fourth-order valence-corrected chi connectivity index (χ4v) is 4.69. The third-order valence-corrected chi connectivity index (χ3v) is 6.54. The number of fused-ring (bicyclic) bond motifs is 1. The van der Waals surface area contributed by atoms with Crippen molar-refractivity contribution in [2.24, 2.45) is 0 Å². The molecule has 2 heterocycles. The molecule has 0 aliphatic rings. The summed E-state index contributed by atoms with van der Waals surface area (Å²) < 4.78 is 15.3. The summed E-state index contributed by atoms with van der Waals surface area (Å²) in [5.74, 6) is -0.867. The maximum absolute atomic E-state index is 13.8. The van der Waals surface area contributed by atoms with Crippen LogP contribution in [0.1, 0.15) is 17.4 Å². The number of carbonyl (C=O) groups is 1. The monoisotopic (exact) mass is 417 g/mol. The highest BCUT2D eigenvalue weighted by Gasteiger charge is 2.21. The smallest absolute Gasteiger partial charge is 0.263 e. The fraction of sp³-hybridized carbons (Fsp3) is 0.250. The number of aryl methyl sites for hydroxylation is 2. The van der Waals surface area contributed by atoms with Crippen LogP contribution in [-0.2, 0) is 11.3 Å². The average Bonchev–Trinajstić information content (AvgIpc) is 2.94. The standard InChI is InChI=1S/C20H20FN3O2S2/c1-5-10-24-19(26)16-11(2)12(3)27-18(16)23-20(24)28-13(4)17(25)22-15-9-7-6-8-14(15)21/h5-9,13H,1,10H2,2-4H3,(H,22,25)/t13-/m0/s1. The number of aromatic nitrogens is 2. The number of para-hydroxylation sites is 1. The number of hydrogen-bond acceptors (Lipinski definition) is 5. The van der Waals surface area contributed by atoms with Crippen LogP contribution in [0, 0.1) is 19.7 Å². The van der Waals surface area contributed by atoms with E-state index in [9.17, 15) is 14.0 Å². The molecule has 146 valence electrons. The number of nitrogens with one attached hydrogen (secondary N) is 1. The molecule has 0 aliphatic carbocycles. The topological polar surface area (TPSA) is 64.0 Å². The summed E-state index contributed by atoms with van der Waals surface area (Å²) in [6.07, 6.45) is 1.62. The van der Waals surface area contributed by atoms with Gasteiger partial charge in [0.05, 0.1) is 16.3 Å². The first-order valence-electron chi connectivity index (χ1n) is 8.67. The van der Waals surface area contributed by atoms with Crippen LogP contribution in [0.4, 0.5) is 10.1 Å². The number of allylic oxidation sites excluding steroid dienone is 1. The summed E-state index contributed by atoms with van der Waals surface area (Å²) >= 11 is 2.62. The second kappa shape index (κ2) is 8.28. The van der Waals surface area contributed by atoms with E-state index in [1.807, 2.05) is 13.8 Å². The van der Waals surface area contributed by atoms with Crippen molar-refractivity contribution in [1.29, 1.82) is 0 Å². The summed E-state index contributed by atoms with van der Waals surface area (Å²) in [5.41, 5.74) is 0.907. The molecule has 0 aliphatic heterocycles. The molecule has 0 saturated carbocycles. The zero-order valence-corrected chi connectivity index (χ0v) is 17.4. The molecule has 0 radical (unpaired) electrons. The maximum Gasteiger partial charge on any atom is 0.263 e. The van der Waals surface area contributed by atoms with E-state index in [0.29, 0.717) is 21.9 Å². The molecule has 1 amide bonds. The lowest BCUT2D eigenvalue weighted by Gasteiger charge is -2.15. The first-order valence-corrected chi connectivity index (χ1v) is 10.4. The summed E-state index contributed by atoms with van der Waals surface area (Å²) in [6.45, 7) is 9.56.